The highest BCUT2D eigenvalue weighted by Gasteiger charge is 2.08. The quantitative estimate of drug-likeness (QED) is 0.899. The second-order valence-electron chi connectivity index (χ2n) is 4.50. The fourth-order valence-electron chi connectivity index (χ4n) is 1.96. The predicted octanol–water partition coefficient (Wildman–Crippen LogP) is 2.41. The minimum absolute atomic E-state index is 0.0796. The van der Waals surface area contributed by atoms with Crippen LogP contribution >= 0.6 is 0 Å². The Kier molecular flexibility index (Phi) is 3.51. The van der Waals surface area contributed by atoms with Gasteiger partial charge in [0.25, 0.3) is 5.56 Å². The SMILES string of the molecule is Cc1cc(=O)n(CCc2ccccc2)c(O)c1C. The van der Waals surface area contributed by atoms with Gasteiger partial charge >= 0.3 is 0 Å². The first kappa shape index (κ1) is 12.4. The summed E-state index contributed by atoms with van der Waals surface area (Å²) >= 11 is 0. The van der Waals surface area contributed by atoms with Crippen LogP contribution in [0.1, 0.15) is 16.7 Å². The van der Waals surface area contributed by atoms with Crippen LogP contribution in [0.5, 0.6) is 5.88 Å². The first-order valence-corrected chi connectivity index (χ1v) is 6.03. The molecule has 0 fully saturated rings. The molecule has 3 nitrogen and oxygen atoms in total. The lowest BCUT2D eigenvalue weighted by molar-refractivity contribution is 0.401. The number of aryl methyl sites for hydroxylation is 2. The molecule has 3 heteroatoms. The third-order valence-corrected chi connectivity index (χ3v) is 3.26. The molecule has 0 bridgehead atoms. The number of aromatic hydroxyl groups is 1. The zero-order valence-corrected chi connectivity index (χ0v) is 10.7. The number of pyridine rings is 1. The molecule has 94 valence electrons. The molecule has 0 amide bonds. The minimum Gasteiger partial charge on any atom is -0.494 e. The zero-order chi connectivity index (χ0) is 13.1. The van der Waals surface area contributed by atoms with Crippen molar-refractivity contribution < 1.29 is 5.11 Å². The number of rotatable bonds is 3. The van der Waals surface area contributed by atoms with Crippen LogP contribution in [0.4, 0.5) is 0 Å². The Bertz CT molecular complexity index is 600. The summed E-state index contributed by atoms with van der Waals surface area (Å²) in [5.74, 6) is 0.0796. The maximum atomic E-state index is 11.8. The summed E-state index contributed by atoms with van der Waals surface area (Å²) in [5.41, 5.74) is 2.60. The summed E-state index contributed by atoms with van der Waals surface area (Å²) < 4.78 is 1.43. The Morgan fingerprint density at radius 2 is 1.83 bits per heavy atom. The molecule has 1 aromatic heterocycles. The van der Waals surface area contributed by atoms with Gasteiger partial charge in [0.1, 0.15) is 0 Å². The summed E-state index contributed by atoms with van der Waals surface area (Å²) in [5, 5.41) is 10.0. The molecular formula is C15H17NO2. The van der Waals surface area contributed by atoms with E-state index in [2.05, 4.69) is 0 Å². The van der Waals surface area contributed by atoms with Gasteiger partial charge in [-0.3, -0.25) is 9.36 Å². The third-order valence-electron chi connectivity index (χ3n) is 3.26. The number of hydrogen-bond donors (Lipinski definition) is 1. The van der Waals surface area contributed by atoms with Gasteiger partial charge in [-0.1, -0.05) is 30.3 Å². The van der Waals surface area contributed by atoms with Gasteiger partial charge in [-0.25, -0.2) is 0 Å². The molecule has 2 aromatic rings. The number of aromatic nitrogens is 1. The summed E-state index contributed by atoms with van der Waals surface area (Å²) in [7, 11) is 0. The number of nitrogens with zero attached hydrogens (tertiary/aromatic N) is 1. The van der Waals surface area contributed by atoms with Crippen molar-refractivity contribution in [3.8, 4) is 5.88 Å². The molecule has 0 saturated heterocycles. The molecule has 0 aliphatic carbocycles. The van der Waals surface area contributed by atoms with Crippen LogP contribution in [-0.2, 0) is 13.0 Å². The van der Waals surface area contributed by atoms with E-state index >= 15 is 0 Å². The summed E-state index contributed by atoms with van der Waals surface area (Å²) in [6.45, 7) is 4.15. The topological polar surface area (TPSA) is 42.2 Å². The van der Waals surface area contributed by atoms with E-state index in [4.69, 9.17) is 0 Å². The van der Waals surface area contributed by atoms with E-state index < -0.39 is 0 Å². The van der Waals surface area contributed by atoms with Gasteiger partial charge in [0.2, 0.25) is 0 Å². The lowest BCUT2D eigenvalue weighted by Crippen LogP contribution is -2.21. The highest BCUT2D eigenvalue weighted by Crippen LogP contribution is 2.17. The van der Waals surface area contributed by atoms with Crippen LogP contribution in [0.3, 0.4) is 0 Å². The fourth-order valence-corrected chi connectivity index (χ4v) is 1.96. The first-order chi connectivity index (χ1) is 8.59. The number of hydrogen-bond acceptors (Lipinski definition) is 2. The molecule has 1 N–H and O–H groups in total. The van der Waals surface area contributed by atoms with Crippen LogP contribution in [0, 0.1) is 13.8 Å². The Balaban J connectivity index is 2.25. The number of benzene rings is 1. The maximum absolute atomic E-state index is 11.8. The van der Waals surface area contributed by atoms with Crippen LogP contribution in [-0.4, -0.2) is 9.67 Å². The van der Waals surface area contributed by atoms with Crippen molar-refractivity contribution in [3.63, 3.8) is 0 Å². The minimum atomic E-state index is -0.147. The van der Waals surface area contributed by atoms with Crippen LogP contribution in [0.25, 0.3) is 0 Å². The smallest absolute Gasteiger partial charge is 0.253 e. The molecule has 1 aromatic carbocycles. The summed E-state index contributed by atoms with van der Waals surface area (Å²) in [6, 6.07) is 11.5. The van der Waals surface area contributed by atoms with Crippen LogP contribution in [0.15, 0.2) is 41.2 Å². The molecule has 0 aliphatic heterocycles. The highest BCUT2D eigenvalue weighted by atomic mass is 16.3. The van der Waals surface area contributed by atoms with Crippen LogP contribution in [0.2, 0.25) is 0 Å². The monoisotopic (exact) mass is 243 g/mol. The molecule has 0 atom stereocenters. The van der Waals surface area contributed by atoms with E-state index in [1.54, 1.807) is 6.07 Å². The second kappa shape index (κ2) is 5.08. The fraction of sp³-hybridized carbons (Fsp3) is 0.267. The Labute approximate surface area is 106 Å². The largest absolute Gasteiger partial charge is 0.494 e. The van der Waals surface area contributed by atoms with Crippen molar-refractivity contribution >= 4 is 0 Å². The van der Waals surface area contributed by atoms with Crippen molar-refractivity contribution in [3.05, 3.63) is 63.4 Å². The molecule has 0 spiro atoms. The van der Waals surface area contributed by atoms with E-state index in [0.29, 0.717) is 6.54 Å². The standard InChI is InChI=1S/C15H17NO2/c1-11-10-14(17)16(15(18)12(11)2)9-8-13-6-4-3-5-7-13/h3-7,10,18H,8-9H2,1-2H3. The maximum Gasteiger partial charge on any atom is 0.253 e. The van der Waals surface area contributed by atoms with Gasteiger partial charge in [0, 0.05) is 18.2 Å². The average Bonchev–Trinajstić information content (AvgIpc) is 2.37. The molecular weight excluding hydrogens is 226 g/mol. The van der Waals surface area contributed by atoms with E-state index in [-0.39, 0.29) is 11.4 Å². The molecule has 0 saturated carbocycles. The predicted molar refractivity (Wildman–Crippen MR) is 72.0 cm³/mol. The van der Waals surface area contributed by atoms with Gasteiger partial charge in [0.05, 0.1) is 0 Å². The van der Waals surface area contributed by atoms with E-state index in [0.717, 1.165) is 23.1 Å². The molecule has 0 radical (unpaired) electrons. The normalized spacial score (nSPS) is 10.6. The van der Waals surface area contributed by atoms with Crippen molar-refractivity contribution in [1.82, 2.24) is 4.57 Å². The molecule has 0 unspecified atom stereocenters. The lowest BCUT2D eigenvalue weighted by Gasteiger charge is -2.12. The van der Waals surface area contributed by atoms with E-state index in [1.807, 2.05) is 44.2 Å². The molecule has 0 aliphatic rings. The van der Waals surface area contributed by atoms with Crippen LogP contribution < -0.4 is 5.56 Å². The Hall–Kier alpha value is -2.03. The summed E-state index contributed by atoms with van der Waals surface area (Å²) in [6.07, 6.45) is 0.733. The highest BCUT2D eigenvalue weighted by molar-refractivity contribution is 5.32. The van der Waals surface area contributed by atoms with Gasteiger partial charge in [-0.2, -0.15) is 0 Å². The molecule has 18 heavy (non-hydrogen) atoms. The van der Waals surface area contributed by atoms with Crippen molar-refractivity contribution in [2.24, 2.45) is 0 Å². The average molecular weight is 243 g/mol. The second-order valence-corrected chi connectivity index (χ2v) is 4.50. The first-order valence-electron chi connectivity index (χ1n) is 6.03. The van der Waals surface area contributed by atoms with Gasteiger partial charge in [-0.05, 0) is 31.4 Å². The zero-order valence-electron chi connectivity index (χ0n) is 10.7. The van der Waals surface area contributed by atoms with Crippen molar-refractivity contribution in [2.75, 3.05) is 0 Å². The summed E-state index contributed by atoms with van der Waals surface area (Å²) in [4.78, 5) is 11.8. The van der Waals surface area contributed by atoms with Gasteiger partial charge in [0.15, 0.2) is 5.88 Å². The Morgan fingerprint density at radius 3 is 2.50 bits per heavy atom. The van der Waals surface area contributed by atoms with Crippen molar-refractivity contribution in [2.45, 2.75) is 26.8 Å². The molecule has 2 rings (SSSR count). The molecule has 1 heterocycles. The van der Waals surface area contributed by atoms with E-state index in [1.165, 1.54) is 4.57 Å². The lowest BCUT2D eigenvalue weighted by atomic mass is 10.1. The van der Waals surface area contributed by atoms with Gasteiger partial charge < -0.3 is 5.11 Å². The van der Waals surface area contributed by atoms with E-state index in [9.17, 15) is 9.90 Å². The third kappa shape index (κ3) is 2.45. The Morgan fingerprint density at radius 1 is 1.17 bits per heavy atom. The van der Waals surface area contributed by atoms with Gasteiger partial charge in [-0.15, -0.1) is 0 Å². The van der Waals surface area contributed by atoms with Crippen molar-refractivity contribution in [1.29, 1.82) is 0 Å².